The van der Waals surface area contributed by atoms with Crippen molar-refractivity contribution in [2.75, 3.05) is 5.43 Å². The monoisotopic (exact) mass is 231 g/mol. The predicted molar refractivity (Wildman–Crippen MR) is 66.2 cm³/mol. The summed E-state index contributed by atoms with van der Waals surface area (Å²) in [6, 6.07) is 5.18. The number of phenols is 1. The van der Waals surface area contributed by atoms with Gasteiger partial charge >= 0.3 is 0 Å². The predicted octanol–water partition coefficient (Wildman–Crippen LogP) is 1.24. The van der Waals surface area contributed by atoms with Crippen molar-refractivity contribution in [3.63, 3.8) is 0 Å². The molecule has 0 aliphatic rings. The number of aryl methyl sites for hydroxylation is 2. The molecule has 0 aliphatic carbocycles. The molecule has 1 rings (SSSR count). The number of nitrogens with two attached hydrogens (primary N) is 1. The van der Waals surface area contributed by atoms with Crippen LogP contribution < -0.4 is 11.2 Å². The Hall–Kier alpha value is -2.55. The van der Waals surface area contributed by atoms with Gasteiger partial charge in [-0.3, -0.25) is 10.8 Å². The molecule has 6 heteroatoms. The fraction of sp³-hybridized carbons (Fsp3) is 0.182. The molecule has 6 nitrogen and oxygen atoms in total. The highest BCUT2D eigenvalue weighted by atomic mass is 16.3. The molecule has 0 radical (unpaired) electrons. The van der Waals surface area contributed by atoms with Gasteiger partial charge in [-0.2, -0.15) is 10.4 Å². The van der Waals surface area contributed by atoms with E-state index in [1.54, 1.807) is 19.1 Å². The largest absolute Gasteiger partial charge is 0.505 e. The molecule has 1 aromatic rings. The van der Waals surface area contributed by atoms with E-state index < -0.39 is 5.84 Å². The third-order valence-electron chi connectivity index (χ3n) is 2.09. The van der Waals surface area contributed by atoms with Crippen LogP contribution in [0.2, 0.25) is 0 Å². The number of nitrogens with one attached hydrogen (secondary N) is 2. The highest BCUT2D eigenvalue weighted by Gasteiger charge is 2.06. The molecule has 0 saturated carbocycles. The van der Waals surface area contributed by atoms with Gasteiger partial charge in [0.15, 0.2) is 5.84 Å². The van der Waals surface area contributed by atoms with Crippen LogP contribution in [-0.4, -0.2) is 16.7 Å². The van der Waals surface area contributed by atoms with Crippen LogP contribution in [0.1, 0.15) is 11.1 Å². The van der Waals surface area contributed by atoms with Gasteiger partial charge in [0.25, 0.3) is 0 Å². The van der Waals surface area contributed by atoms with Gasteiger partial charge in [0.2, 0.25) is 5.71 Å². The first-order chi connectivity index (χ1) is 7.95. The van der Waals surface area contributed by atoms with Crippen molar-refractivity contribution in [3.8, 4) is 11.8 Å². The zero-order valence-corrected chi connectivity index (χ0v) is 9.57. The van der Waals surface area contributed by atoms with Crippen LogP contribution in [-0.2, 0) is 0 Å². The Labute approximate surface area is 98.9 Å². The Kier molecular flexibility index (Phi) is 3.67. The van der Waals surface area contributed by atoms with Crippen molar-refractivity contribution in [1.29, 1.82) is 10.7 Å². The van der Waals surface area contributed by atoms with Crippen LogP contribution >= 0.6 is 0 Å². The van der Waals surface area contributed by atoms with E-state index in [0.29, 0.717) is 11.3 Å². The van der Waals surface area contributed by atoms with E-state index in [0.717, 1.165) is 5.56 Å². The molecule has 0 aromatic heterocycles. The van der Waals surface area contributed by atoms with Gasteiger partial charge in [-0.05, 0) is 31.0 Å². The number of nitriles is 1. The van der Waals surface area contributed by atoms with Gasteiger partial charge in [-0.1, -0.05) is 6.07 Å². The van der Waals surface area contributed by atoms with Crippen LogP contribution in [0.5, 0.6) is 5.75 Å². The molecule has 0 aliphatic heterocycles. The maximum atomic E-state index is 9.75. The maximum absolute atomic E-state index is 9.75. The molecule has 0 fully saturated rings. The minimum Gasteiger partial charge on any atom is -0.505 e. The molecular formula is C11H13N5O. The minimum absolute atomic E-state index is 0.0557. The van der Waals surface area contributed by atoms with E-state index in [2.05, 4.69) is 10.5 Å². The van der Waals surface area contributed by atoms with E-state index in [9.17, 15) is 5.11 Å². The van der Waals surface area contributed by atoms with Gasteiger partial charge < -0.3 is 10.8 Å². The third kappa shape index (κ3) is 2.95. The first kappa shape index (κ1) is 12.5. The number of aromatic hydroxyl groups is 1. The third-order valence-corrected chi connectivity index (χ3v) is 2.09. The molecular weight excluding hydrogens is 218 g/mol. The number of rotatable bonds is 3. The van der Waals surface area contributed by atoms with Crippen molar-refractivity contribution >= 4 is 17.2 Å². The van der Waals surface area contributed by atoms with Crippen molar-refractivity contribution in [2.45, 2.75) is 13.8 Å². The summed E-state index contributed by atoms with van der Waals surface area (Å²) in [7, 11) is 0. The lowest BCUT2D eigenvalue weighted by Gasteiger charge is -2.08. The molecule has 0 unspecified atom stereocenters. The second-order valence-corrected chi connectivity index (χ2v) is 3.58. The average Bonchev–Trinajstić information content (AvgIpc) is 2.25. The van der Waals surface area contributed by atoms with Crippen molar-refractivity contribution in [2.24, 2.45) is 10.8 Å². The number of nitrogens with zero attached hydrogens (tertiary/aromatic N) is 2. The normalized spacial score (nSPS) is 10.8. The second-order valence-electron chi connectivity index (χ2n) is 3.58. The smallest absolute Gasteiger partial charge is 0.201 e. The summed E-state index contributed by atoms with van der Waals surface area (Å²) in [5.41, 5.74) is 9.44. The van der Waals surface area contributed by atoms with Crippen molar-refractivity contribution in [1.82, 2.24) is 0 Å². The van der Waals surface area contributed by atoms with E-state index in [1.165, 1.54) is 0 Å². The Bertz CT molecular complexity index is 527. The molecule has 0 atom stereocenters. The van der Waals surface area contributed by atoms with Crippen LogP contribution in [0.3, 0.4) is 0 Å². The lowest BCUT2D eigenvalue weighted by atomic mass is 10.1. The summed E-state index contributed by atoms with van der Waals surface area (Å²) in [6.45, 7) is 3.63. The summed E-state index contributed by atoms with van der Waals surface area (Å²) in [6.07, 6.45) is 0. The highest BCUT2D eigenvalue weighted by Crippen LogP contribution is 2.28. The van der Waals surface area contributed by atoms with E-state index >= 15 is 0 Å². The van der Waals surface area contributed by atoms with E-state index in [-0.39, 0.29) is 11.5 Å². The van der Waals surface area contributed by atoms with Crippen molar-refractivity contribution in [3.05, 3.63) is 23.3 Å². The summed E-state index contributed by atoms with van der Waals surface area (Å²) in [5.74, 6) is -0.371. The number of hydrazone groups is 1. The Morgan fingerprint density at radius 3 is 2.71 bits per heavy atom. The molecule has 1 aromatic carbocycles. The lowest BCUT2D eigenvalue weighted by molar-refractivity contribution is 0.473. The standard InChI is InChI=1S/C11H13N5O/c1-6-3-7(2)10(17)8(4-6)15-16-9(5-12)11(13)14/h3-4,15,17H,1-2H3,(H3,13,14)/b16-9+. The topological polar surface area (TPSA) is 118 Å². The summed E-state index contributed by atoms with van der Waals surface area (Å²) in [4.78, 5) is 0. The van der Waals surface area contributed by atoms with Gasteiger partial charge in [0.05, 0.1) is 5.69 Å². The van der Waals surface area contributed by atoms with Crippen molar-refractivity contribution < 1.29 is 5.11 Å². The molecule has 0 spiro atoms. The van der Waals surface area contributed by atoms with E-state index in [4.69, 9.17) is 16.4 Å². The molecule has 88 valence electrons. The summed E-state index contributed by atoms with van der Waals surface area (Å²) >= 11 is 0. The van der Waals surface area contributed by atoms with Crippen LogP contribution in [0.15, 0.2) is 17.2 Å². The second kappa shape index (κ2) is 4.99. The van der Waals surface area contributed by atoms with Gasteiger partial charge in [-0.25, -0.2) is 0 Å². The van der Waals surface area contributed by atoms with Crippen LogP contribution in [0.4, 0.5) is 5.69 Å². The number of phenolic OH excluding ortho intramolecular Hbond substituents is 1. The Morgan fingerprint density at radius 2 is 2.18 bits per heavy atom. The zero-order chi connectivity index (χ0) is 13.0. The number of hydrogen-bond donors (Lipinski definition) is 4. The number of anilines is 1. The molecule has 0 saturated heterocycles. The highest BCUT2D eigenvalue weighted by molar-refractivity contribution is 6.45. The quantitative estimate of drug-likeness (QED) is 0.271. The fourth-order valence-corrected chi connectivity index (χ4v) is 1.31. The lowest BCUT2D eigenvalue weighted by Crippen LogP contribution is -2.21. The number of hydrogen-bond acceptors (Lipinski definition) is 5. The fourth-order valence-electron chi connectivity index (χ4n) is 1.31. The number of amidine groups is 1. The summed E-state index contributed by atoms with van der Waals surface area (Å²) in [5, 5.41) is 29.1. The SMILES string of the molecule is Cc1cc(C)c(O)c(N/N=C(\C#N)C(=N)N)c1. The average molecular weight is 231 g/mol. The summed E-state index contributed by atoms with van der Waals surface area (Å²) < 4.78 is 0. The molecule has 5 N–H and O–H groups in total. The molecule has 17 heavy (non-hydrogen) atoms. The van der Waals surface area contributed by atoms with E-state index in [1.807, 2.05) is 13.0 Å². The zero-order valence-electron chi connectivity index (χ0n) is 9.57. The minimum atomic E-state index is -0.427. The van der Waals surface area contributed by atoms with Crippen LogP contribution in [0, 0.1) is 30.6 Å². The van der Waals surface area contributed by atoms with Gasteiger partial charge in [-0.15, -0.1) is 0 Å². The van der Waals surface area contributed by atoms with Gasteiger partial charge in [0.1, 0.15) is 11.8 Å². The molecule has 0 amide bonds. The van der Waals surface area contributed by atoms with Gasteiger partial charge in [0, 0.05) is 0 Å². The number of benzene rings is 1. The van der Waals surface area contributed by atoms with Crippen LogP contribution in [0.25, 0.3) is 0 Å². The maximum Gasteiger partial charge on any atom is 0.201 e. The Balaban J connectivity index is 3.05. The first-order valence-electron chi connectivity index (χ1n) is 4.84. The molecule has 0 heterocycles. The first-order valence-corrected chi connectivity index (χ1v) is 4.84. The molecule has 0 bridgehead atoms. The Morgan fingerprint density at radius 1 is 1.53 bits per heavy atom.